The van der Waals surface area contributed by atoms with Gasteiger partial charge >= 0.3 is 5.97 Å². The first-order valence-electron chi connectivity index (χ1n) is 5.09. The zero-order chi connectivity index (χ0) is 9.47. The lowest BCUT2D eigenvalue weighted by Crippen LogP contribution is -2.31. The highest BCUT2D eigenvalue weighted by Crippen LogP contribution is 2.61. The van der Waals surface area contributed by atoms with Crippen LogP contribution in [0.3, 0.4) is 0 Å². The molecule has 3 nitrogen and oxygen atoms in total. The lowest BCUT2D eigenvalue weighted by molar-refractivity contribution is -0.142. The van der Waals surface area contributed by atoms with E-state index in [9.17, 15) is 4.79 Å². The molecule has 1 heterocycles. The predicted molar refractivity (Wildman–Crippen MR) is 49.4 cm³/mol. The normalized spacial score (nSPS) is 32.8. The Morgan fingerprint density at radius 1 is 1.54 bits per heavy atom. The van der Waals surface area contributed by atoms with Crippen molar-refractivity contribution in [1.29, 1.82) is 0 Å². The zero-order valence-corrected chi connectivity index (χ0v) is 8.05. The fourth-order valence-electron chi connectivity index (χ4n) is 2.76. The fraction of sp³-hybridized carbons (Fsp3) is 0.900. The van der Waals surface area contributed by atoms with Gasteiger partial charge in [0.15, 0.2) is 0 Å². The summed E-state index contributed by atoms with van der Waals surface area (Å²) >= 11 is 0. The first-order chi connectivity index (χ1) is 6.16. The van der Waals surface area contributed by atoms with E-state index in [1.54, 1.807) is 0 Å². The van der Waals surface area contributed by atoms with Gasteiger partial charge in [0.2, 0.25) is 0 Å². The molecule has 13 heavy (non-hydrogen) atoms. The Morgan fingerprint density at radius 3 is 2.69 bits per heavy atom. The first-order valence-corrected chi connectivity index (χ1v) is 5.09. The number of carboxylic acid groups (broad SMARTS) is 1. The summed E-state index contributed by atoms with van der Waals surface area (Å²) in [4.78, 5) is 10.8. The van der Waals surface area contributed by atoms with Gasteiger partial charge in [0, 0.05) is 0 Å². The van der Waals surface area contributed by atoms with Gasteiger partial charge in [-0.05, 0) is 43.7 Å². The van der Waals surface area contributed by atoms with Crippen LogP contribution in [0, 0.1) is 17.3 Å². The minimum absolute atomic E-state index is 0.141. The monoisotopic (exact) mass is 183 g/mol. The summed E-state index contributed by atoms with van der Waals surface area (Å²) in [6.07, 6.45) is 3.49. The molecule has 2 atom stereocenters. The third-order valence-electron chi connectivity index (χ3n) is 3.85. The molecule has 0 aromatic heterocycles. The fourth-order valence-corrected chi connectivity index (χ4v) is 2.76. The highest BCUT2D eigenvalue weighted by Gasteiger charge is 2.57. The average molecular weight is 183 g/mol. The second-order valence-electron chi connectivity index (χ2n) is 4.55. The first kappa shape index (κ1) is 9.00. The molecule has 2 unspecified atom stereocenters. The number of piperidine rings is 1. The van der Waals surface area contributed by atoms with Crippen molar-refractivity contribution in [1.82, 2.24) is 5.32 Å². The van der Waals surface area contributed by atoms with E-state index in [1.165, 1.54) is 12.8 Å². The Kier molecular flexibility index (Phi) is 2.06. The molecule has 0 amide bonds. The maximum Gasteiger partial charge on any atom is 0.306 e. The van der Waals surface area contributed by atoms with Crippen LogP contribution in [-0.2, 0) is 4.79 Å². The van der Waals surface area contributed by atoms with Gasteiger partial charge in [-0.1, -0.05) is 6.92 Å². The summed E-state index contributed by atoms with van der Waals surface area (Å²) in [6, 6.07) is 0. The molecule has 2 aliphatic rings. The quantitative estimate of drug-likeness (QED) is 0.674. The van der Waals surface area contributed by atoms with E-state index in [2.05, 4.69) is 5.32 Å². The minimum atomic E-state index is -0.625. The summed E-state index contributed by atoms with van der Waals surface area (Å²) < 4.78 is 0. The Labute approximate surface area is 78.5 Å². The molecule has 0 aromatic carbocycles. The van der Waals surface area contributed by atoms with Crippen molar-refractivity contribution in [3.8, 4) is 0 Å². The van der Waals surface area contributed by atoms with Crippen molar-refractivity contribution in [2.75, 3.05) is 13.1 Å². The van der Waals surface area contributed by atoms with Crippen LogP contribution in [0.4, 0.5) is 0 Å². The van der Waals surface area contributed by atoms with E-state index in [-0.39, 0.29) is 5.92 Å². The number of rotatable bonds is 2. The van der Waals surface area contributed by atoms with Gasteiger partial charge in [0.1, 0.15) is 0 Å². The molecule has 0 aromatic rings. The third kappa shape index (κ3) is 1.46. The molecule has 0 bridgehead atoms. The Hall–Kier alpha value is -0.570. The van der Waals surface area contributed by atoms with Crippen LogP contribution >= 0.6 is 0 Å². The lowest BCUT2D eigenvalue weighted by Gasteiger charge is -2.24. The molecule has 1 saturated heterocycles. The van der Waals surface area contributed by atoms with Crippen molar-refractivity contribution in [2.45, 2.75) is 26.2 Å². The van der Waals surface area contributed by atoms with Crippen molar-refractivity contribution in [3.05, 3.63) is 0 Å². The number of aliphatic carboxylic acids is 1. The summed E-state index contributed by atoms with van der Waals surface area (Å²) in [5, 5.41) is 12.2. The van der Waals surface area contributed by atoms with Gasteiger partial charge in [0.05, 0.1) is 5.92 Å². The zero-order valence-electron chi connectivity index (χ0n) is 8.05. The molecule has 3 heteroatoms. The Bertz CT molecular complexity index is 221. The van der Waals surface area contributed by atoms with Crippen LogP contribution in [0.2, 0.25) is 0 Å². The number of carboxylic acids is 1. The van der Waals surface area contributed by atoms with E-state index in [1.807, 2.05) is 6.92 Å². The van der Waals surface area contributed by atoms with Crippen molar-refractivity contribution in [2.24, 2.45) is 17.3 Å². The second-order valence-corrected chi connectivity index (χ2v) is 4.55. The standard InChI is InChI=1S/C10H17NO2/c1-7(9(12)13)8-6-10(8)2-4-11-5-3-10/h7-8,11H,2-6H2,1H3,(H,12,13). The maximum absolute atomic E-state index is 10.8. The van der Waals surface area contributed by atoms with Crippen LogP contribution < -0.4 is 5.32 Å². The number of hydrogen-bond acceptors (Lipinski definition) is 2. The van der Waals surface area contributed by atoms with E-state index >= 15 is 0 Å². The van der Waals surface area contributed by atoms with Gasteiger partial charge in [-0.2, -0.15) is 0 Å². The topological polar surface area (TPSA) is 49.3 Å². The molecule has 2 N–H and O–H groups in total. The molecule has 2 fully saturated rings. The molecule has 1 saturated carbocycles. The van der Waals surface area contributed by atoms with Crippen LogP contribution in [0.25, 0.3) is 0 Å². The largest absolute Gasteiger partial charge is 0.481 e. The van der Waals surface area contributed by atoms with Gasteiger partial charge < -0.3 is 10.4 Å². The van der Waals surface area contributed by atoms with E-state index < -0.39 is 5.97 Å². The SMILES string of the molecule is CC(C(=O)O)C1CC12CCNCC2. The molecule has 1 spiro atoms. The minimum Gasteiger partial charge on any atom is -0.481 e. The van der Waals surface area contributed by atoms with Crippen LogP contribution in [-0.4, -0.2) is 24.2 Å². The van der Waals surface area contributed by atoms with Crippen molar-refractivity contribution in [3.63, 3.8) is 0 Å². The number of hydrogen-bond donors (Lipinski definition) is 2. The predicted octanol–water partition coefficient (Wildman–Crippen LogP) is 1.10. The number of carbonyl (C=O) groups is 1. The highest BCUT2D eigenvalue weighted by molar-refractivity contribution is 5.70. The average Bonchev–Trinajstić information content (AvgIpc) is 2.79. The van der Waals surface area contributed by atoms with E-state index in [4.69, 9.17) is 5.11 Å². The molecule has 1 aliphatic carbocycles. The summed E-state index contributed by atoms with van der Waals surface area (Å²) in [5.41, 5.74) is 0.406. The molecule has 2 rings (SSSR count). The van der Waals surface area contributed by atoms with Gasteiger partial charge in [-0.15, -0.1) is 0 Å². The van der Waals surface area contributed by atoms with Gasteiger partial charge in [0.25, 0.3) is 0 Å². The Morgan fingerprint density at radius 2 is 2.15 bits per heavy atom. The third-order valence-corrected chi connectivity index (χ3v) is 3.85. The lowest BCUT2D eigenvalue weighted by atomic mass is 9.88. The molecule has 1 aliphatic heterocycles. The highest BCUT2D eigenvalue weighted by atomic mass is 16.4. The smallest absolute Gasteiger partial charge is 0.306 e. The van der Waals surface area contributed by atoms with Crippen LogP contribution in [0.5, 0.6) is 0 Å². The van der Waals surface area contributed by atoms with Crippen LogP contribution in [0.1, 0.15) is 26.2 Å². The van der Waals surface area contributed by atoms with Crippen molar-refractivity contribution < 1.29 is 9.90 Å². The molecule has 74 valence electrons. The van der Waals surface area contributed by atoms with Crippen LogP contribution in [0.15, 0.2) is 0 Å². The Balaban J connectivity index is 1.95. The van der Waals surface area contributed by atoms with Gasteiger partial charge in [-0.3, -0.25) is 4.79 Å². The molecular weight excluding hydrogens is 166 g/mol. The molecular formula is C10H17NO2. The summed E-state index contributed by atoms with van der Waals surface area (Å²) in [5.74, 6) is -0.314. The second kappa shape index (κ2) is 2.98. The summed E-state index contributed by atoms with van der Waals surface area (Å²) in [6.45, 7) is 4.00. The molecule has 0 radical (unpaired) electrons. The van der Waals surface area contributed by atoms with Crippen molar-refractivity contribution >= 4 is 5.97 Å². The van der Waals surface area contributed by atoms with Gasteiger partial charge in [-0.25, -0.2) is 0 Å². The maximum atomic E-state index is 10.8. The van der Waals surface area contributed by atoms with E-state index in [0.29, 0.717) is 11.3 Å². The summed E-state index contributed by atoms with van der Waals surface area (Å²) in [7, 11) is 0. The van der Waals surface area contributed by atoms with E-state index in [0.717, 1.165) is 19.5 Å². The number of nitrogens with one attached hydrogen (secondary N) is 1.